The lowest BCUT2D eigenvalue weighted by atomic mass is 9.84. The first-order valence-electron chi connectivity index (χ1n) is 13.5. The minimum absolute atomic E-state index is 0.129. The van der Waals surface area contributed by atoms with Crippen molar-refractivity contribution in [3.8, 4) is 6.07 Å². The molecule has 1 amide bonds. The molecule has 5 nitrogen and oxygen atoms in total. The largest absolute Gasteiger partial charge is 0.382 e. The molecule has 0 atom stereocenters. The fourth-order valence-electron chi connectivity index (χ4n) is 5.49. The highest BCUT2D eigenvalue weighted by molar-refractivity contribution is 5.77. The third-order valence-electron chi connectivity index (χ3n) is 7.93. The van der Waals surface area contributed by atoms with Crippen molar-refractivity contribution in [2.75, 3.05) is 25.0 Å². The van der Waals surface area contributed by atoms with Crippen molar-refractivity contribution in [2.24, 2.45) is 0 Å². The number of benzene rings is 2. The number of nitrogens with zero attached hydrogens (tertiary/aromatic N) is 2. The fraction of sp³-hybridized carbons (Fsp3) is 0.548. The summed E-state index contributed by atoms with van der Waals surface area (Å²) in [5.41, 5.74) is 5.73. The molecule has 2 fully saturated rings. The Morgan fingerprint density at radius 2 is 1.69 bits per heavy atom. The second-order valence-electron chi connectivity index (χ2n) is 11.6. The first-order valence-corrected chi connectivity index (χ1v) is 13.5. The summed E-state index contributed by atoms with van der Waals surface area (Å²) in [5, 5.41) is 12.7. The number of hydrogen-bond acceptors (Lipinski definition) is 4. The summed E-state index contributed by atoms with van der Waals surface area (Å²) in [6.07, 6.45) is 6.18. The van der Waals surface area contributed by atoms with Crippen molar-refractivity contribution >= 4 is 11.6 Å². The van der Waals surface area contributed by atoms with Gasteiger partial charge in [0.2, 0.25) is 5.91 Å². The molecule has 5 heteroatoms. The predicted octanol–water partition coefficient (Wildman–Crippen LogP) is 6.31. The lowest BCUT2D eigenvalue weighted by molar-refractivity contribution is -0.139. The van der Waals surface area contributed by atoms with Gasteiger partial charge in [0.25, 0.3) is 0 Å². The minimum Gasteiger partial charge on any atom is -0.382 e. The molecule has 2 aromatic rings. The van der Waals surface area contributed by atoms with Gasteiger partial charge in [-0.3, -0.25) is 4.79 Å². The Balaban J connectivity index is 1.16. The minimum atomic E-state index is 0.129. The highest BCUT2D eigenvalue weighted by Crippen LogP contribution is 2.31. The summed E-state index contributed by atoms with van der Waals surface area (Å²) in [5.74, 6) is 0.663. The monoisotopic (exact) mass is 487 g/mol. The highest BCUT2D eigenvalue weighted by atomic mass is 16.5. The lowest BCUT2D eigenvalue weighted by Gasteiger charge is -2.34. The number of rotatable bonds is 6. The number of aryl methyl sites for hydroxylation is 1. The first kappa shape index (κ1) is 26.2. The van der Waals surface area contributed by atoms with Crippen molar-refractivity contribution in [1.82, 2.24) is 4.90 Å². The first-order chi connectivity index (χ1) is 17.2. The molecule has 0 spiro atoms. The Labute approximate surface area is 216 Å². The van der Waals surface area contributed by atoms with Crippen molar-refractivity contribution in [3.63, 3.8) is 0 Å². The maximum absolute atomic E-state index is 12.8. The van der Waals surface area contributed by atoms with Crippen LogP contribution >= 0.6 is 0 Å². The van der Waals surface area contributed by atoms with E-state index in [1.165, 1.54) is 11.1 Å². The summed E-state index contributed by atoms with van der Waals surface area (Å²) in [6, 6.07) is 17.6. The van der Waals surface area contributed by atoms with E-state index in [2.05, 4.69) is 56.4 Å². The van der Waals surface area contributed by atoms with Crippen LogP contribution in [0.25, 0.3) is 0 Å². The third kappa shape index (κ3) is 6.68. The Morgan fingerprint density at radius 3 is 2.28 bits per heavy atom. The van der Waals surface area contributed by atoms with Crippen LogP contribution in [0.2, 0.25) is 0 Å². The molecule has 0 aromatic heterocycles. The molecule has 1 heterocycles. The zero-order valence-corrected chi connectivity index (χ0v) is 22.3. The smallest absolute Gasteiger partial charge is 0.248 e. The van der Waals surface area contributed by atoms with Gasteiger partial charge in [-0.2, -0.15) is 5.26 Å². The van der Waals surface area contributed by atoms with E-state index in [4.69, 9.17) is 10.00 Å². The maximum atomic E-state index is 12.8. The molecule has 2 aromatic carbocycles. The summed E-state index contributed by atoms with van der Waals surface area (Å²) in [4.78, 5) is 14.8. The zero-order valence-electron chi connectivity index (χ0n) is 22.3. The number of ether oxygens (including phenoxy) is 1. The molecule has 4 rings (SSSR count). The average Bonchev–Trinajstić information content (AvgIpc) is 2.88. The molecule has 1 saturated carbocycles. The predicted molar refractivity (Wildman–Crippen MR) is 145 cm³/mol. The molecule has 2 aliphatic rings. The number of anilines is 1. The second-order valence-corrected chi connectivity index (χ2v) is 11.6. The quantitative estimate of drug-likeness (QED) is 0.518. The summed E-state index contributed by atoms with van der Waals surface area (Å²) < 4.78 is 6.05. The van der Waals surface area contributed by atoms with Crippen molar-refractivity contribution in [3.05, 3.63) is 64.7 Å². The van der Waals surface area contributed by atoms with E-state index in [0.29, 0.717) is 12.0 Å². The molecule has 1 aliphatic carbocycles. The summed E-state index contributed by atoms with van der Waals surface area (Å²) >= 11 is 0. The Bertz CT molecular complexity index is 1060. The topological polar surface area (TPSA) is 65.4 Å². The molecule has 36 heavy (non-hydrogen) atoms. The van der Waals surface area contributed by atoms with Gasteiger partial charge in [-0.15, -0.1) is 0 Å². The van der Waals surface area contributed by atoms with Gasteiger partial charge in [0.1, 0.15) is 6.61 Å². The van der Waals surface area contributed by atoms with Crippen LogP contribution in [-0.2, 0) is 14.9 Å². The van der Waals surface area contributed by atoms with Crippen LogP contribution in [-0.4, -0.2) is 42.6 Å². The number of carbonyl (C=O) groups excluding carboxylic acids is 1. The van der Waals surface area contributed by atoms with E-state index in [9.17, 15) is 4.79 Å². The number of amides is 1. The van der Waals surface area contributed by atoms with Gasteiger partial charge >= 0.3 is 0 Å². The third-order valence-corrected chi connectivity index (χ3v) is 7.93. The maximum Gasteiger partial charge on any atom is 0.248 e. The molecule has 1 aliphatic heterocycles. The zero-order chi connectivity index (χ0) is 25.7. The lowest BCUT2D eigenvalue weighted by Crippen LogP contribution is -2.41. The Hall–Kier alpha value is -2.84. The number of piperidine rings is 1. The van der Waals surface area contributed by atoms with Gasteiger partial charge in [0, 0.05) is 24.8 Å². The Morgan fingerprint density at radius 1 is 1.03 bits per heavy atom. The van der Waals surface area contributed by atoms with Crippen molar-refractivity contribution < 1.29 is 9.53 Å². The second kappa shape index (κ2) is 11.5. The highest BCUT2D eigenvalue weighted by Gasteiger charge is 2.26. The fourth-order valence-corrected chi connectivity index (χ4v) is 5.49. The van der Waals surface area contributed by atoms with Gasteiger partial charge in [0.15, 0.2) is 0 Å². The number of nitriles is 1. The summed E-state index contributed by atoms with van der Waals surface area (Å²) in [7, 11) is 0. The van der Waals surface area contributed by atoms with E-state index >= 15 is 0 Å². The van der Waals surface area contributed by atoms with Gasteiger partial charge in [-0.25, -0.2) is 0 Å². The van der Waals surface area contributed by atoms with Crippen LogP contribution in [0, 0.1) is 18.3 Å². The van der Waals surface area contributed by atoms with Crippen LogP contribution in [0.15, 0.2) is 42.5 Å². The molecule has 0 unspecified atom stereocenters. The van der Waals surface area contributed by atoms with Gasteiger partial charge < -0.3 is 15.0 Å². The standard InChI is InChI=1S/C31H41N3O2/c1-22-19-28(10-7-25(22)20-32)33-27-11-13-29(14-12-27)36-21-30(35)34-17-15-24(16-18-34)23-5-8-26(9-6-23)31(2,3)4/h5-10,19,24,27,29,33H,11-18,21H2,1-4H3. The van der Waals surface area contributed by atoms with Crippen LogP contribution in [0.1, 0.15) is 87.5 Å². The van der Waals surface area contributed by atoms with Gasteiger partial charge in [-0.05, 0) is 91.7 Å². The number of carbonyl (C=O) groups is 1. The number of likely N-dealkylation sites (tertiary alicyclic amines) is 1. The van der Waals surface area contributed by atoms with E-state index in [0.717, 1.165) is 68.4 Å². The van der Waals surface area contributed by atoms with Crippen LogP contribution in [0.5, 0.6) is 0 Å². The molecular weight excluding hydrogens is 446 g/mol. The van der Waals surface area contributed by atoms with E-state index < -0.39 is 0 Å². The van der Waals surface area contributed by atoms with Gasteiger partial charge in [-0.1, -0.05) is 45.0 Å². The van der Waals surface area contributed by atoms with Crippen LogP contribution in [0.4, 0.5) is 5.69 Å². The van der Waals surface area contributed by atoms with E-state index in [1.807, 2.05) is 30.0 Å². The van der Waals surface area contributed by atoms with Gasteiger partial charge in [0.05, 0.1) is 17.7 Å². The normalized spacial score (nSPS) is 21.1. The Kier molecular flexibility index (Phi) is 8.36. The number of hydrogen-bond donors (Lipinski definition) is 1. The number of nitrogens with one attached hydrogen (secondary N) is 1. The van der Waals surface area contributed by atoms with Crippen LogP contribution in [0.3, 0.4) is 0 Å². The SMILES string of the molecule is Cc1cc(NC2CCC(OCC(=O)N3CCC(c4ccc(C(C)(C)C)cc4)CC3)CC2)ccc1C#N. The van der Waals surface area contributed by atoms with E-state index in [1.54, 1.807) is 0 Å². The van der Waals surface area contributed by atoms with Crippen molar-refractivity contribution in [1.29, 1.82) is 5.26 Å². The van der Waals surface area contributed by atoms with Crippen LogP contribution < -0.4 is 5.32 Å². The molecule has 0 radical (unpaired) electrons. The summed E-state index contributed by atoms with van der Waals surface area (Å²) in [6.45, 7) is 10.5. The van der Waals surface area contributed by atoms with E-state index in [-0.39, 0.29) is 24.0 Å². The van der Waals surface area contributed by atoms with Crippen molar-refractivity contribution in [2.45, 2.75) is 89.7 Å². The molecule has 0 bridgehead atoms. The molecule has 192 valence electrons. The molecule has 1 N–H and O–H groups in total. The average molecular weight is 488 g/mol. The molecular formula is C31H41N3O2. The molecule has 1 saturated heterocycles.